The molecule has 0 aromatic carbocycles. The molecule has 0 aromatic heterocycles. The molecule has 1 amide bonds. The molecule has 0 aliphatic heterocycles. The van der Waals surface area contributed by atoms with Crippen LogP contribution in [0.3, 0.4) is 0 Å². The maximum atomic E-state index is 11.1. The molecule has 0 fully saturated rings. The molecule has 1 unspecified atom stereocenters. The zero-order chi connectivity index (χ0) is 9.72. The largest absolute Gasteiger partial charge is 0.480 e. The monoisotopic (exact) mass is 174 g/mol. The minimum atomic E-state index is -1.03. The smallest absolute Gasteiger partial charge is 0.322 e. The van der Waals surface area contributed by atoms with Crippen LogP contribution in [0.5, 0.6) is 0 Å². The Morgan fingerprint density at radius 3 is 2.33 bits per heavy atom. The van der Waals surface area contributed by atoms with Gasteiger partial charge in [-0.15, -0.1) is 0 Å². The van der Waals surface area contributed by atoms with E-state index in [2.05, 4.69) is 5.32 Å². The van der Waals surface area contributed by atoms with Gasteiger partial charge in [-0.2, -0.15) is 0 Å². The molecule has 12 heavy (non-hydrogen) atoms. The average Bonchev–Trinajstić information content (AvgIpc) is 1.98. The van der Waals surface area contributed by atoms with Crippen molar-refractivity contribution in [1.29, 1.82) is 0 Å². The molecule has 1 atom stereocenters. The molecule has 0 aromatic rings. The molecule has 5 heteroatoms. The Hall–Kier alpha value is -1.10. The van der Waals surface area contributed by atoms with Crippen LogP contribution in [-0.4, -0.2) is 48.6 Å². The highest BCUT2D eigenvalue weighted by molar-refractivity contribution is 5.84. The van der Waals surface area contributed by atoms with Gasteiger partial charge in [-0.3, -0.25) is 14.5 Å². The summed E-state index contributed by atoms with van der Waals surface area (Å²) in [6.07, 6.45) is 0. The molecule has 0 saturated carbocycles. The summed E-state index contributed by atoms with van der Waals surface area (Å²) in [5.74, 6) is -1.31. The van der Waals surface area contributed by atoms with E-state index in [0.29, 0.717) is 0 Å². The van der Waals surface area contributed by atoms with Crippen LogP contribution in [0.15, 0.2) is 0 Å². The first-order chi connectivity index (χ1) is 5.45. The van der Waals surface area contributed by atoms with E-state index >= 15 is 0 Å². The fourth-order valence-electron chi connectivity index (χ4n) is 0.545. The van der Waals surface area contributed by atoms with Gasteiger partial charge in [-0.05, 0) is 21.0 Å². The third-order valence-electron chi connectivity index (χ3n) is 1.57. The lowest BCUT2D eigenvalue weighted by Crippen LogP contribution is -2.43. The van der Waals surface area contributed by atoms with Gasteiger partial charge in [0.2, 0.25) is 5.91 Å². The molecule has 0 radical (unpaired) electrons. The number of carbonyl (C=O) groups is 2. The number of likely N-dealkylation sites (N-methyl/N-ethyl adjacent to an activating group) is 1. The first kappa shape index (κ1) is 10.9. The van der Waals surface area contributed by atoms with E-state index < -0.39 is 5.97 Å². The van der Waals surface area contributed by atoms with Crippen molar-refractivity contribution in [1.82, 2.24) is 10.2 Å². The van der Waals surface area contributed by atoms with Crippen molar-refractivity contribution in [2.75, 3.05) is 20.6 Å². The second kappa shape index (κ2) is 4.71. The quantitative estimate of drug-likeness (QED) is 0.581. The Bertz CT molecular complexity index is 179. The summed E-state index contributed by atoms with van der Waals surface area (Å²) in [7, 11) is 3.51. The molecule has 0 heterocycles. The summed E-state index contributed by atoms with van der Waals surface area (Å²) in [6, 6.07) is -0.302. The average molecular weight is 174 g/mol. The van der Waals surface area contributed by atoms with Gasteiger partial charge in [-0.25, -0.2) is 0 Å². The number of carbonyl (C=O) groups excluding carboxylic acids is 1. The van der Waals surface area contributed by atoms with Crippen molar-refractivity contribution >= 4 is 11.9 Å². The fourth-order valence-corrected chi connectivity index (χ4v) is 0.545. The lowest BCUT2D eigenvalue weighted by Gasteiger charge is -2.17. The molecule has 0 saturated heterocycles. The summed E-state index contributed by atoms with van der Waals surface area (Å²) in [6.45, 7) is 1.38. The number of nitrogens with one attached hydrogen (secondary N) is 1. The zero-order valence-electron chi connectivity index (χ0n) is 7.50. The zero-order valence-corrected chi connectivity index (χ0v) is 7.50. The SMILES string of the molecule is CC(C(=O)NCC(=O)O)N(C)C. The summed E-state index contributed by atoms with van der Waals surface area (Å²) in [4.78, 5) is 22.8. The van der Waals surface area contributed by atoms with E-state index in [0.717, 1.165) is 0 Å². The van der Waals surface area contributed by atoms with Crippen LogP contribution in [0.1, 0.15) is 6.92 Å². The summed E-state index contributed by atoms with van der Waals surface area (Å²) >= 11 is 0. The van der Waals surface area contributed by atoms with Crippen LogP contribution in [-0.2, 0) is 9.59 Å². The van der Waals surface area contributed by atoms with Crippen molar-refractivity contribution in [2.45, 2.75) is 13.0 Å². The second-order valence-electron chi connectivity index (χ2n) is 2.75. The van der Waals surface area contributed by atoms with E-state index in [1.54, 1.807) is 25.9 Å². The van der Waals surface area contributed by atoms with Gasteiger partial charge < -0.3 is 10.4 Å². The van der Waals surface area contributed by atoms with Crippen LogP contribution in [0.4, 0.5) is 0 Å². The van der Waals surface area contributed by atoms with Crippen molar-refractivity contribution in [3.05, 3.63) is 0 Å². The van der Waals surface area contributed by atoms with E-state index in [1.807, 2.05) is 0 Å². The molecular weight excluding hydrogens is 160 g/mol. The molecule has 2 N–H and O–H groups in total. The summed E-state index contributed by atoms with van der Waals surface area (Å²) < 4.78 is 0. The van der Waals surface area contributed by atoms with Crippen molar-refractivity contribution in [3.8, 4) is 0 Å². The Kier molecular flexibility index (Phi) is 4.28. The number of nitrogens with zero attached hydrogens (tertiary/aromatic N) is 1. The van der Waals surface area contributed by atoms with E-state index in [9.17, 15) is 9.59 Å². The number of carboxylic acids is 1. The Labute approximate surface area is 71.4 Å². The Morgan fingerprint density at radius 2 is 2.00 bits per heavy atom. The van der Waals surface area contributed by atoms with Crippen LogP contribution in [0.2, 0.25) is 0 Å². The Morgan fingerprint density at radius 1 is 1.50 bits per heavy atom. The molecule has 0 bridgehead atoms. The van der Waals surface area contributed by atoms with Crippen molar-refractivity contribution < 1.29 is 14.7 Å². The molecular formula is C7H14N2O3. The lowest BCUT2D eigenvalue weighted by atomic mass is 10.3. The van der Waals surface area contributed by atoms with Crippen LogP contribution in [0, 0.1) is 0 Å². The van der Waals surface area contributed by atoms with Crippen molar-refractivity contribution in [2.24, 2.45) is 0 Å². The van der Waals surface area contributed by atoms with E-state index in [1.165, 1.54) is 0 Å². The third kappa shape index (κ3) is 3.92. The second-order valence-corrected chi connectivity index (χ2v) is 2.75. The van der Waals surface area contributed by atoms with Gasteiger partial charge in [-0.1, -0.05) is 0 Å². The minimum Gasteiger partial charge on any atom is -0.480 e. The number of carboxylic acid groups (broad SMARTS) is 1. The number of hydrogen-bond donors (Lipinski definition) is 2. The highest BCUT2D eigenvalue weighted by Crippen LogP contribution is 1.89. The lowest BCUT2D eigenvalue weighted by molar-refractivity contribution is -0.138. The predicted octanol–water partition coefficient (Wildman–Crippen LogP) is -0.863. The number of aliphatic carboxylic acids is 1. The molecule has 0 spiro atoms. The highest BCUT2D eigenvalue weighted by atomic mass is 16.4. The van der Waals surface area contributed by atoms with Gasteiger partial charge >= 0.3 is 5.97 Å². The molecule has 5 nitrogen and oxygen atoms in total. The van der Waals surface area contributed by atoms with Crippen molar-refractivity contribution in [3.63, 3.8) is 0 Å². The maximum absolute atomic E-state index is 11.1. The first-order valence-electron chi connectivity index (χ1n) is 3.61. The van der Waals surface area contributed by atoms with Gasteiger partial charge in [0.1, 0.15) is 6.54 Å². The maximum Gasteiger partial charge on any atom is 0.322 e. The topological polar surface area (TPSA) is 69.6 Å². The molecule has 0 aliphatic carbocycles. The predicted molar refractivity (Wildman–Crippen MR) is 43.8 cm³/mol. The first-order valence-corrected chi connectivity index (χ1v) is 3.61. The van der Waals surface area contributed by atoms with Crippen LogP contribution >= 0.6 is 0 Å². The minimum absolute atomic E-state index is 0.276. The van der Waals surface area contributed by atoms with Gasteiger partial charge in [0.15, 0.2) is 0 Å². The Balaban J connectivity index is 3.80. The fraction of sp³-hybridized carbons (Fsp3) is 0.714. The highest BCUT2D eigenvalue weighted by Gasteiger charge is 2.14. The number of rotatable bonds is 4. The molecule has 0 aliphatic rings. The number of hydrogen-bond acceptors (Lipinski definition) is 3. The summed E-state index contributed by atoms with van der Waals surface area (Å²) in [5, 5.41) is 10.5. The third-order valence-corrected chi connectivity index (χ3v) is 1.57. The standard InChI is InChI=1S/C7H14N2O3/c1-5(9(2)3)7(12)8-4-6(10)11/h5H,4H2,1-3H3,(H,8,12)(H,10,11). The van der Waals surface area contributed by atoms with Gasteiger partial charge in [0.25, 0.3) is 0 Å². The molecule has 0 rings (SSSR count). The normalized spacial score (nSPS) is 12.7. The molecule has 70 valence electrons. The van der Waals surface area contributed by atoms with E-state index in [4.69, 9.17) is 5.11 Å². The van der Waals surface area contributed by atoms with Crippen LogP contribution < -0.4 is 5.32 Å². The number of amides is 1. The summed E-state index contributed by atoms with van der Waals surface area (Å²) in [5.41, 5.74) is 0. The van der Waals surface area contributed by atoms with E-state index in [-0.39, 0.29) is 18.5 Å². The van der Waals surface area contributed by atoms with Gasteiger partial charge in [0.05, 0.1) is 6.04 Å². The van der Waals surface area contributed by atoms with Crippen LogP contribution in [0.25, 0.3) is 0 Å². The van der Waals surface area contributed by atoms with Gasteiger partial charge in [0, 0.05) is 0 Å².